The van der Waals surface area contributed by atoms with Crippen molar-refractivity contribution in [1.29, 1.82) is 0 Å². The number of carbonyl (C=O) groups is 2. The van der Waals surface area contributed by atoms with E-state index in [0.29, 0.717) is 0 Å². The molecule has 76 valence electrons. The van der Waals surface area contributed by atoms with Crippen molar-refractivity contribution in [1.82, 2.24) is 0 Å². The van der Waals surface area contributed by atoms with Crippen LogP contribution in [0.2, 0.25) is 0 Å². The van der Waals surface area contributed by atoms with Crippen molar-refractivity contribution in [2.75, 3.05) is 6.61 Å². The van der Waals surface area contributed by atoms with E-state index < -0.39 is 23.8 Å². The highest BCUT2D eigenvalue weighted by molar-refractivity contribution is 6.01. The van der Waals surface area contributed by atoms with Crippen LogP contribution in [0.4, 0.5) is 13.2 Å². The molecule has 0 rings (SSSR count). The smallest absolute Gasteiger partial charge is 0.450 e. The maximum atomic E-state index is 11.7. The molecule has 0 saturated heterocycles. The van der Waals surface area contributed by atoms with Crippen molar-refractivity contribution in [2.45, 2.75) is 20.0 Å². The number of rotatable bonds is 3. The monoisotopic (exact) mass is 198 g/mol. The molecule has 0 fully saturated rings. The van der Waals surface area contributed by atoms with Crippen LogP contribution in [-0.2, 0) is 14.3 Å². The van der Waals surface area contributed by atoms with Crippen LogP contribution in [0.1, 0.15) is 13.8 Å². The maximum Gasteiger partial charge on any atom is 0.450 e. The van der Waals surface area contributed by atoms with Crippen molar-refractivity contribution < 1.29 is 27.5 Å². The molecule has 0 aromatic heterocycles. The van der Waals surface area contributed by atoms with Gasteiger partial charge in [-0.05, 0) is 13.8 Å². The molecule has 0 bridgehead atoms. The Kier molecular flexibility index (Phi) is 3.90. The van der Waals surface area contributed by atoms with Gasteiger partial charge in [0.25, 0.3) is 0 Å². The van der Waals surface area contributed by atoms with E-state index in [1.165, 1.54) is 6.92 Å². The highest BCUT2D eigenvalue weighted by Crippen LogP contribution is 2.21. The Hall–Kier alpha value is -1.07. The van der Waals surface area contributed by atoms with E-state index in [9.17, 15) is 22.8 Å². The lowest BCUT2D eigenvalue weighted by Gasteiger charge is -2.10. The summed E-state index contributed by atoms with van der Waals surface area (Å²) in [4.78, 5) is 21.1. The minimum absolute atomic E-state index is 0.0473. The third kappa shape index (κ3) is 3.43. The van der Waals surface area contributed by atoms with Crippen molar-refractivity contribution in [3.05, 3.63) is 0 Å². The molecule has 0 aliphatic rings. The summed E-state index contributed by atoms with van der Waals surface area (Å²) in [7, 11) is 0. The summed E-state index contributed by atoms with van der Waals surface area (Å²) >= 11 is 0. The zero-order valence-electron chi connectivity index (χ0n) is 7.14. The molecular weight excluding hydrogens is 189 g/mol. The quantitative estimate of drug-likeness (QED) is 0.507. The third-order valence-electron chi connectivity index (χ3n) is 1.31. The Morgan fingerprint density at radius 3 is 2.15 bits per heavy atom. The second kappa shape index (κ2) is 4.25. The summed E-state index contributed by atoms with van der Waals surface area (Å²) in [5, 5.41) is 0. The van der Waals surface area contributed by atoms with Gasteiger partial charge in [-0.1, -0.05) is 0 Å². The summed E-state index contributed by atoms with van der Waals surface area (Å²) in [6, 6.07) is 0. The molecule has 0 aromatic rings. The van der Waals surface area contributed by atoms with E-state index in [1.54, 1.807) is 0 Å². The molecule has 0 spiro atoms. The number of alkyl halides is 3. The first-order chi connectivity index (χ1) is 5.80. The van der Waals surface area contributed by atoms with E-state index in [1.807, 2.05) is 0 Å². The molecule has 0 unspecified atom stereocenters. The van der Waals surface area contributed by atoms with E-state index in [-0.39, 0.29) is 6.61 Å². The number of ketones is 1. The average Bonchev–Trinajstić information content (AvgIpc) is 2.00. The van der Waals surface area contributed by atoms with Crippen LogP contribution >= 0.6 is 0 Å². The summed E-state index contributed by atoms with van der Waals surface area (Å²) in [6.45, 7) is 2.27. The molecule has 0 radical (unpaired) electrons. The van der Waals surface area contributed by atoms with Crippen molar-refractivity contribution in [3.8, 4) is 0 Å². The maximum absolute atomic E-state index is 11.7. The van der Waals surface area contributed by atoms with Gasteiger partial charge in [-0.15, -0.1) is 0 Å². The molecule has 13 heavy (non-hydrogen) atoms. The number of carbonyl (C=O) groups excluding carboxylic acids is 2. The Morgan fingerprint density at radius 1 is 1.38 bits per heavy atom. The Bertz CT molecular complexity index is 210. The number of Topliss-reactive ketones (excluding diaryl/α,β-unsaturated/α-hetero) is 1. The third-order valence-corrected chi connectivity index (χ3v) is 1.31. The van der Waals surface area contributed by atoms with Crippen LogP contribution in [0.5, 0.6) is 0 Å². The minimum Gasteiger partial charge on any atom is -0.465 e. The van der Waals surface area contributed by atoms with E-state index >= 15 is 0 Å². The van der Waals surface area contributed by atoms with E-state index in [4.69, 9.17) is 0 Å². The number of hydrogen-bond acceptors (Lipinski definition) is 3. The Labute approximate surface area is 72.9 Å². The summed E-state index contributed by atoms with van der Waals surface area (Å²) in [6.07, 6.45) is -4.98. The molecule has 0 aliphatic carbocycles. The second-order valence-corrected chi connectivity index (χ2v) is 2.34. The van der Waals surface area contributed by atoms with Gasteiger partial charge in [-0.3, -0.25) is 9.59 Å². The van der Waals surface area contributed by atoms with Crippen LogP contribution in [0, 0.1) is 5.92 Å². The van der Waals surface area contributed by atoms with Crippen LogP contribution in [0.15, 0.2) is 0 Å². The number of ether oxygens (including phenoxy) is 1. The molecule has 0 aromatic carbocycles. The molecule has 3 nitrogen and oxygen atoms in total. The first-order valence-electron chi connectivity index (χ1n) is 3.58. The summed E-state index contributed by atoms with van der Waals surface area (Å²) in [5.74, 6) is -5.00. The first kappa shape index (κ1) is 11.9. The molecule has 0 aliphatic heterocycles. The standard InChI is InChI=1S/C7H9F3O3/c1-3-13-6(12)4(2)5(11)7(8,9)10/h4H,3H2,1-2H3/t4-/m1/s1. The lowest BCUT2D eigenvalue weighted by molar-refractivity contribution is -0.180. The van der Waals surface area contributed by atoms with Crippen LogP contribution in [0.25, 0.3) is 0 Å². The van der Waals surface area contributed by atoms with Crippen LogP contribution < -0.4 is 0 Å². The van der Waals surface area contributed by atoms with E-state index in [2.05, 4.69) is 4.74 Å². The van der Waals surface area contributed by atoms with Gasteiger partial charge in [-0.2, -0.15) is 13.2 Å². The summed E-state index contributed by atoms with van der Waals surface area (Å²) < 4.78 is 39.5. The van der Waals surface area contributed by atoms with Gasteiger partial charge in [0.05, 0.1) is 6.61 Å². The highest BCUT2D eigenvalue weighted by Gasteiger charge is 2.44. The predicted molar refractivity (Wildman–Crippen MR) is 36.9 cm³/mol. The first-order valence-corrected chi connectivity index (χ1v) is 3.58. The van der Waals surface area contributed by atoms with Crippen LogP contribution in [-0.4, -0.2) is 24.5 Å². The zero-order chi connectivity index (χ0) is 10.6. The Balaban J connectivity index is 4.35. The highest BCUT2D eigenvalue weighted by atomic mass is 19.4. The number of halogens is 3. The van der Waals surface area contributed by atoms with E-state index in [0.717, 1.165) is 6.92 Å². The zero-order valence-corrected chi connectivity index (χ0v) is 7.14. The lowest BCUT2D eigenvalue weighted by atomic mass is 10.1. The van der Waals surface area contributed by atoms with Crippen LogP contribution in [0.3, 0.4) is 0 Å². The van der Waals surface area contributed by atoms with Gasteiger partial charge in [0.2, 0.25) is 5.78 Å². The van der Waals surface area contributed by atoms with Gasteiger partial charge < -0.3 is 4.74 Å². The molecule has 6 heteroatoms. The Morgan fingerprint density at radius 2 is 1.85 bits per heavy atom. The fourth-order valence-corrected chi connectivity index (χ4v) is 0.620. The fourth-order valence-electron chi connectivity index (χ4n) is 0.620. The molecule has 0 heterocycles. The number of hydrogen-bond donors (Lipinski definition) is 0. The van der Waals surface area contributed by atoms with Gasteiger partial charge in [0.1, 0.15) is 5.92 Å². The molecule has 0 N–H and O–H groups in total. The second-order valence-electron chi connectivity index (χ2n) is 2.34. The van der Waals surface area contributed by atoms with Gasteiger partial charge in [0, 0.05) is 0 Å². The molecule has 0 amide bonds. The number of esters is 1. The topological polar surface area (TPSA) is 43.4 Å². The molecular formula is C7H9F3O3. The summed E-state index contributed by atoms with van der Waals surface area (Å²) in [5.41, 5.74) is 0. The van der Waals surface area contributed by atoms with Crippen molar-refractivity contribution in [3.63, 3.8) is 0 Å². The predicted octanol–water partition coefficient (Wildman–Crippen LogP) is 1.32. The normalized spacial score (nSPS) is 13.6. The van der Waals surface area contributed by atoms with Crippen molar-refractivity contribution in [2.24, 2.45) is 5.92 Å². The molecule has 0 saturated carbocycles. The van der Waals surface area contributed by atoms with Gasteiger partial charge >= 0.3 is 12.1 Å². The molecule has 1 atom stereocenters. The van der Waals surface area contributed by atoms with Gasteiger partial charge in [0.15, 0.2) is 0 Å². The van der Waals surface area contributed by atoms with Crippen molar-refractivity contribution >= 4 is 11.8 Å². The average molecular weight is 198 g/mol. The fraction of sp³-hybridized carbons (Fsp3) is 0.714. The lowest BCUT2D eigenvalue weighted by Crippen LogP contribution is -2.34. The largest absolute Gasteiger partial charge is 0.465 e. The van der Waals surface area contributed by atoms with Gasteiger partial charge in [-0.25, -0.2) is 0 Å². The SMILES string of the molecule is CCOC(=O)[C@H](C)C(=O)C(F)(F)F. The minimum atomic E-state index is -4.98.